The molecule has 0 aromatic heterocycles. The highest BCUT2D eigenvalue weighted by Gasteiger charge is 2.28. The summed E-state index contributed by atoms with van der Waals surface area (Å²) in [4.78, 5) is 23.3. The van der Waals surface area contributed by atoms with E-state index >= 15 is 0 Å². The molecule has 67 heavy (non-hydrogen) atoms. The Morgan fingerprint density at radius 3 is 1.31 bits per heavy atom. The number of rotatable bonds is 51. The van der Waals surface area contributed by atoms with Crippen LogP contribution in [0.25, 0.3) is 0 Å². The minimum absolute atomic E-state index is 0.0744. The van der Waals surface area contributed by atoms with Crippen LogP contribution in [-0.2, 0) is 18.4 Å². The number of nitrogens with one attached hydrogen (secondary N) is 1. The molecule has 392 valence electrons. The van der Waals surface area contributed by atoms with Crippen molar-refractivity contribution in [2.75, 3.05) is 40.9 Å². The molecule has 3 N–H and O–H groups in total. The molecule has 0 rings (SSSR count). The van der Waals surface area contributed by atoms with Crippen LogP contribution >= 0.6 is 7.82 Å². The lowest BCUT2D eigenvalue weighted by Gasteiger charge is -2.26. The van der Waals surface area contributed by atoms with Gasteiger partial charge in [0.2, 0.25) is 5.91 Å². The Kier molecular flexibility index (Phi) is 47.9. The second-order valence-corrected chi connectivity index (χ2v) is 21.7. The van der Waals surface area contributed by atoms with Gasteiger partial charge in [0.1, 0.15) is 13.2 Å². The van der Waals surface area contributed by atoms with Crippen molar-refractivity contribution in [3.8, 4) is 0 Å². The molecule has 0 radical (unpaired) electrons. The van der Waals surface area contributed by atoms with E-state index in [1.54, 1.807) is 0 Å². The predicted octanol–water partition coefficient (Wildman–Crippen LogP) is 16.9. The number of aliphatic hydroxyl groups is 1. The SMILES string of the molecule is CC/C=C\C/C=C\C/C=C\C/C=C\C/C=C\CCCCCCCCCCCCCCCCCCCC(=O)NC(COP(=O)(O)OCC[N+](C)(C)C)C(O)CCCCCCCCCCCCCC. The van der Waals surface area contributed by atoms with Gasteiger partial charge in [0.25, 0.3) is 0 Å². The molecule has 0 saturated heterocycles. The van der Waals surface area contributed by atoms with E-state index in [1.807, 2.05) is 21.1 Å². The number of unbranched alkanes of at least 4 members (excludes halogenated alkanes) is 28. The van der Waals surface area contributed by atoms with Crippen LogP contribution < -0.4 is 5.32 Å². The van der Waals surface area contributed by atoms with Crippen molar-refractivity contribution in [1.82, 2.24) is 5.32 Å². The lowest BCUT2D eigenvalue weighted by atomic mass is 10.0. The molecule has 0 aliphatic rings. The fraction of sp³-hybridized carbons (Fsp3) is 0.810. The largest absolute Gasteiger partial charge is 0.472 e. The Bertz CT molecular complexity index is 1270. The van der Waals surface area contributed by atoms with Crippen LogP contribution in [0.4, 0.5) is 0 Å². The van der Waals surface area contributed by atoms with Crippen LogP contribution in [0, 0.1) is 0 Å². The number of carbonyl (C=O) groups excluding carboxylic acids is 1. The van der Waals surface area contributed by atoms with Gasteiger partial charge in [0.15, 0.2) is 0 Å². The molecule has 0 fully saturated rings. The van der Waals surface area contributed by atoms with Gasteiger partial charge in [-0.3, -0.25) is 13.8 Å². The standard InChI is InChI=1S/C58H109N2O6P/c1-6-8-10-12-14-16-18-20-21-22-23-24-25-26-27-28-29-30-31-32-33-34-35-36-37-38-39-40-42-44-46-48-50-52-58(62)59-56(55-66-67(63,64)65-54-53-60(3,4)5)57(61)51-49-47-45-43-41-19-17-15-13-11-9-7-2/h8,10,14,16,20-21,23-24,26-27,56-57,61H,6-7,9,11-13,15,17-19,22,25,28-55H2,1-5H3,(H-,59,62,63,64)/p+1/b10-8-,16-14-,21-20-,24-23-,27-26-. The third-order valence-electron chi connectivity index (χ3n) is 12.5. The van der Waals surface area contributed by atoms with Crippen molar-refractivity contribution in [2.24, 2.45) is 0 Å². The highest BCUT2D eigenvalue weighted by molar-refractivity contribution is 7.47. The van der Waals surface area contributed by atoms with Crippen LogP contribution in [0.1, 0.15) is 251 Å². The number of allylic oxidation sites excluding steroid dienone is 10. The molecule has 0 aliphatic heterocycles. The van der Waals surface area contributed by atoms with E-state index in [0.717, 1.165) is 70.6 Å². The summed E-state index contributed by atoms with van der Waals surface area (Å²) in [6, 6.07) is -0.760. The third kappa shape index (κ3) is 51.9. The van der Waals surface area contributed by atoms with E-state index in [1.165, 1.54) is 154 Å². The maximum Gasteiger partial charge on any atom is 0.472 e. The van der Waals surface area contributed by atoms with Crippen molar-refractivity contribution >= 4 is 13.7 Å². The first-order valence-electron chi connectivity index (χ1n) is 28.2. The molecule has 8 nitrogen and oxygen atoms in total. The quantitative estimate of drug-likeness (QED) is 0.0243. The Hall–Kier alpha value is -1.80. The van der Waals surface area contributed by atoms with Crippen molar-refractivity contribution in [3.05, 3.63) is 60.8 Å². The summed E-state index contributed by atoms with van der Waals surface area (Å²) < 4.78 is 23.7. The van der Waals surface area contributed by atoms with Crippen LogP contribution in [0.3, 0.4) is 0 Å². The molecule has 0 aromatic carbocycles. The van der Waals surface area contributed by atoms with Crippen LogP contribution in [0.2, 0.25) is 0 Å². The number of hydrogen-bond donors (Lipinski definition) is 3. The molecule has 0 bridgehead atoms. The van der Waals surface area contributed by atoms with Crippen molar-refractivity contribution in [3.63, 3.8) is 0 Å². The monoisotopic (exact) mass is 962 g/mol. The number of aliphatic hydroxyl groups excluding tert-OH is 1. The Morgan fingerprint density at radius 2 is 0.896 bits per heavy atom. The summed E-state index contributed by atoms with van der Waals surface area (Å²) in [6.07, 6.45) is 65.7. The first-order chi connectivity index (χ1) is 32.5. The summed E-state index contributed by atoms with van der Waals surface area (Å²) in [6.45, 7) is 4.78. The fourth-order valence-corrected chi connectivity index (χ4v) is 8.87. The van der Waals surface area contributed by atoms with E-state index in [4.69, 9.17) is 9.05 Å². The van der Waals surface area contributed by atoms with Crippen molar-refractivity contribution < 1.29 is 32.9 Å². The van der Waals surface area contributed by atoms with Gasteiger partial charge < -0.3 is 19.8 Å². The average molecular weight is 962 g/mol. The molecule has 3 atom stereocenters. The van der Waals surface area contributed by atoms with Crippen molar-refractivity contribution in [1.29, 1.82) is 0 Å². The molecule has 1 amide bonds. The summed E-state index contributed by atoms with van der Waals surface area (Å²) in [5.41, 5.74) is 0. The van der Waals surface area contributed by atoms with Crippen LogP contribution in [-0.4, -0.2) is 73.4 Å². The second kappa shape index (κ2) is 49.2. The first-order valence-corrected chi connectivity index (χ1v) is 29.6. The molecule has 0 spiro atoms. The van der Waals surface area contributed by atoms with E-state index < -0.39 is 20.0 Å². The third-order valence-corrected chi connectivity index (χ3v) is 13.5. The second-order valence-electron chi connectivity index (χ2n) is 20.3. The van der Waals surface area contributed by atoms with Gasteiger partial charge in [-0.1, -0.05) is 248 Å². The zero-order valence-electron chi connectivity index (χ0n) is 44.6. The molecule has 0 heterocycles. The number of hydrogen-bond acceptors (Lipinski definition) is 5. The molecular formula is C58H110N2O6P+. The zero-order chi connectivity index (χ0) is 49.2. The summed E-state index contributed by atoms with van der Waals surface area (Å²) in [5, 5.41) is 14.0. The smallest absolute Gasteiger partial charge is 0.391 e. The summed E-state index contributed by atoms with van der Waals surface area (Å²) in [5.74, 6) is -0.144. The normalized spacial score (nSPS) is 14.4. The van der Waals surface area contributed by atoms with Crippen LogP contribution in [0.15, 0.2) is 60.8 Å². The molecule has 0 aromatic rings. The topological polar surface area (TPSA) is 105 Å². The van der Waals surface area contributed by atoms with Gasteiger partial charge in [0, 0.05) is 6.42 Å². The van der Waals surface area contributed by atoms with E-state index in [2.05, 4.69) is 79.9 Å². The first kappa shape index (κ1) is 65.2. The number of amides is 1. The zero-order valence-corrected chi connectivity index (χ0v) is 45.5. The molecule has 9 heteroatoms. The number of likely N-dealkylation sites (N-methyl/N-ethyl adjacent to an activating group) is 1. The molecule has 0 aliphatic carbocycles. The average Bonchev–Trinajstić information content (AvgIpc) is 3.29. The van der Waals surface area contributed by atoms with Gasteiger partial charge in [0.05, 0.1) is 39.9 Å². The predicted molar refractivity (Wildman–Crippen MR) is 290 cm³/mol. The molecular weight excluding hydrogens is 852 g/mol. The fourth-order valence-electron chi connectivity index (χ4n) is 8.13. The molecule has 0 saturated carbocycles. The maximum absolute atomic E-state index is 13.0. The Labute approximate surface area is 415 Å². The van der Waals surface area contributed by atoms with E-state index in [0.29, 0.717) is 23.9 Å². The van der Waals surface area contributed by atoms with E-state index in [9.17, 15) is 19.4 Å². The number of phosphoric ester groups is 1. The minimum atomic E-state index is -4.32. The number of nitrogens with zero attached hydrogens (tertiary/aromatic N) is 1. The Balaban J connectivity index is 4.00. The van der Waals surface area contributed by atoms with Gasteiger partial charge >= 0.3 is 7.82 Å². The van der Waals surface area contributed by atoms with Gasteiger partial charge in [-0.25, -0.2) is 4.57 Å². The van der Waals surface area contributed by atoms with E-state index in [-0.39, 0.29) is 19.1 Å². The highest BCUT2D eigenvalue weighted by atomic mass is 31.2. The number of quaternary nitrogens is 1. The van der Waals surface area contributed by atoms with Crippen LogP contribution in [0.5, 0.6) is 0 Å². The Morgan fingerprint density at radius 1 is 0.522 bits per heavy atom. The number of carbonyl (C=O) groups is 1. The minimum Gasteiger partial charge on any atom is -0.391 e. The number of phosphoric acid groups is 1. The highest BCUT2D eigenvalue weighted by Crippen LogP contribution is 2.43. The lowest BCUT2D eigenvalue weighted by molar-refractivity contribution is -0.870. The van der Waals surface area contributed by atoms with Gasteiger partial charge in [-0.2, -0.15) is 0 Å². The van der Waals surface area contributed by atoms with Gasteiger partial charge in [-0.15, -0.1) is 0 Å². The lowest BCUT2D eigenvalue weighted by Crippen LogP contribution is -2.46. The van der Waals surface area contributed by atoms with Gasteiger partial charge in [-0.05, 0) is 57.8 Å². The summed E-state index contributed by atoms with van der Waals surface area (Å²) in [7, 11) is 1.62. The summed E-state index contributed by atoms with van der Waals surface area (Å²) >= 11 is 0. The maximum atomic E-state index is 13.0. The van der Waals surface area contributed by atoms with Crippen molar-refractivity contribution in [2.45, 2.75) is 264 Å². The molecule has 3 unspecified atom stereocenters.